The highest BCUT2D eigenvalue weighted by atomic mass is 16.1. The zero-order valence-electron chi connectivity index (χ0n) is 10.8. The molecule has 0 amide bonds. The molecule has 4 nitrogen and oxygen atoms in total. The molecule has 18 heavy (non-hydrogen) atoms. The summed E-state index contributed by atoms with van der Waals surface area (Å²) in [5.41, 5.74) is 7.15. The van der Waals surface area contributed by atoms with Gasteiger partial charge in [-0.2, -0.15) is 0 Å². The first kappa shape index (κ1) is 12.6. The van der Waals surface area contributed by atoms with Gasteiger partial charge in [0.2, 0.25) is 0 Å². The van der Waals surface area contributed by atoms with E-state index in [-0.39, 0.29) is 17.8 Å². The van der Waals surface area contributed by atoms with Gasteiger partial charge in [0, 0.05) is 31.0 Å². The number of nitrogens with two attached hydrogens (primary N) is 1. The fraction of sp³-hybridized carbons (Fsp3) is 0.357. The normalized spacial score (nSPS) is 12.9. The van der Waals surface area contributed by atoms with E-state index in [1.165, 1.54) is 0 Å². The zero-order chi connectivity index (χ0) is 13.1. The lowest BCUT2D eigenvalue weighted by Crippen LogP contribution is -2.29. The van der Waals surface area contributed by atoms with E-state index in [1.54, 1.807) is 15.3 Å². The van der Waals surface area contributed by atoms with Gasteiger partial charge in [-0.15, -0.1) is 0 Å². The van der Waals surface area contributed by atoms with Crippen LogP contribution in [0.2, 0.25) is 0 Å². The second kappa shape index (κ2) is 5.23. The highest BCUT2D eigenvalue weighted by molar-refractivity contribution is 5.18. The van der Waals surface area contributed by atoms with Gasteiger partial charge in [-0.3, -0.25) is 9.13 Å². The summed E-state index contributed by atoms with van der Waals surface area (Å²) in [6.07, 6.45) is 3.61. The van der Waals surface area contributed by atoms with Crippen LogP contribution < -0.4 is 11.4 Å². The number of rotatable bonds is 4. The molecule has 0 saturated heterocycles. The van der Waals surface area contributed by atoms with Gasteiger partial charge < -0.3 is 5.73 Å². The second-order valence-electron chi connectivity index (χ2n) is 4.75. The molecule has 1 aromatic heterocycles. The van der Waals surface area contributed by atoms with Gasteiger partial charge in [0.1, 0.15) is 0 Å². The first-order valence-corrected chi connectivity index (χ1v) is 6.17. The molecule has 1 atom stereocenters. The summed E-state index contributed by atoms with van der Waals surface area (Å²) in [5.74, 6) is 0. The minimum Gasteiger partial charge on any atom is -0.322 e. The number of hydrogen-bond donors (Lipinski definition) is 1. The SMILES string of the molecule is CC(C)n1ccn(CC(N)c2ccccc2)c1=O. The molecule has 0 aliphatic rings. The van der Waals surface area contributed by atoms with E-state index in [2.05, 4.69) is 0 Å². The summed E-state index contributed by atoms with van der Waals surface area (Å²) in [5, 5.41) is 0. The number of hydrogen-bond acceptors (Lipinski definition) is 2. The van der Waals surface area contributed by atoms with E-state index in [0.717, 1.165) is 5.56 Å². The van der Waals surface area contributed by atoms with Crippen molar-refractivity contribution in [3.8, 4) is 0 Å². The Morgan fingerprint density at radius 2 is 1.83 bits per heavy atom. The molecule has 96 valence electrons. The minimum atomic E-state index is -0.160. The largest absolute Gasteiger partial charge is 0.328 e. The number of aromatic nitrogens is 2. The standard InChI is InChI=1S/C14H19N3O/c1-11(2)17-9-8-16(14(17)18)10-13(15)12-6-4-3-5-7-12/h3-9,11,13H,10,15H2,1-2H3. The van der Waals surface area contributed by atoms with E-state index in [4.69, 9.17) is 5.73 Å². The maximum absolute atomic E-state index is 12.0. The molecule has 0 saturated carbocycles. The van der Waals surface area contributed by atoms with Crippen LogP contribution in [-0.2, 0) is 6.54 Å². The van der Waals surface area contributed by atoms with Crippen LogP contribution in [0.4, 0.5) is 0 Å². The highest BCUT2D eigenvalue weighted by Crippen LogP contribution is 2.11. The molecule has 4 heteroatoms. The summed E-state index contributed by atoms with van der Waals surface area (Å²) >= 11 is 0. The third-order valence-corrected chi connectivity index (χ3v) is 3.05. The van der Waals surface area contributed by atoms with Gasteiger partial charge in [0.05, 0.1) is 0 Å². The molecule has 0 aliphatic carbocycles. The van der Waals surface area contributed by atoms with Crippen LogP contribution in [0.1, 0.15) is 31.5 Å². The fourth-order valence-corrected chi connectivity index (χ4v) is 1.98. The molecule has 1 heterocycles. The molecule has 2 rings (SSSR count). The number of nitrogens with zero attached hydrogens (tertiary/aromatic N) is 2. The molecule has 0 radical (unpaired) electrons. The lowest BCUT2D eigenvalue weighted by atomic mass is 10.1. The summed E-state index contributed by atoms with van der Waals surface area (Å²) in [6.45, 7) is 4.48. The smallest absolute Gasteiger partial charge is 0.322 e. The average Bonchev–Trinajstić information content (AvgIpc) is 2.72. The molecule has 1 aromatic carbocycles. The lowest BCUT2D eigenvalue weighted by molar-refractivity contribution is 0.520. The van der Waals surface area contributed by atoms with E-state index in [9.17, 15) is 4.79 Å². The molecule has 2 aromatic rings. The first-order chi connectivity index (χ1) is 8.59. The maximum atomic E-state index is 12.0. The van der Waals surface area contributed by atoms with Crippen LogP contribution in [0.3, 0.4) is 0 Å². The average molecular weight is 245 g/mol. The van der Waals surface area contributed by atoms with Crippen molar-refractivity contribution >= 4 is 0 Å². The summed E-state index contributed by atoms with van der Waals surface area (Å²) in [6, 6.07) is 9.84. The quantitative estimate of drug-likeness (QED) is 0.894. The van der Waals surface area contributed by atoms with E-state index < -0.39 is 0 Å². The Morgan fingerprint density at radius 1 is 1.17 bits per heavy atom. The Bertz CT molecular complexity index is 554. The summed E-state index contributed by atoms with van der Waals surface area (Å²) < 4.78 is 3.37. The second-order valence-corrected chi connectivity index (χ2v) is 4.75. The van der Waals surface area contributed by atoms with Crippen LogP contribution in [-0.4, -0.2) is 9.13 Å². The molecule has 0 fully saturated rings. The van der Waals surface area contributed by atoms with Crippen LogP contribution in [0, 0.1) is 0 Å². The molecule has 0 bridgehead atoms. The molecule has 0 aliphatic heterocycles. The Labute approximate surface area is 107 Å². The van der Waals surface area contributed by atoms with Gasteiger partial charge in [-0.05, 0) is 19.4 Å². The fourth-order valence-electron chi connectivity index (χ4n) is 1.98. The Kier molecular flexibility index (Phi) is 3.67. The molecular formula is C14H19N3O. The molecule has 1 unspecified atom stereocenters. The summed E-state index contributed by atoms with van der Waals surface area (Å²) in [7, 11) is 0. The van der Waals surface area contributed by atoms with Gasteiger partial charge in [0.25, 0.3) is 0 Å². The van der Waals surface area contributed by atoms with Crippen LogP contribution >= 0.6 is 0 Å². The van der Waals surface area contributed by atoms with Crippen molar-refractivity contribution in [3.63, 3.8) is 0 Å². The zero-order valence-corrected chi connectivity index (χ0v) is 10.8. The van der Waals surface area contributed by atoms with Crippen molar-refractivity contribution in [2.24, 2.45) is 5.73 Å². The molecular weight excluding hydrogens is 226 g/mol. The van der Waals surface area contributed by atoms with Crippen molar-refractivity contribution in [1.82, 2.24) is 9.13 Å². The predicted octanol–water partition coefficient (Wildman–Crippen LogP) is 1.93. The van der Waals surface area contributed by atoms with Crippen LogP contribution in [0.15, 0.2) is 47.5 Å². The van der Waals surface area contributed by atoms with Gasteiger partial charge in [0.15, 0.2) is 0 Å². The van der Waals surface area contributed by atoms with Crippen molar-refractivity contribution < 1.29 is 0 Å². The van der Waals surface area contributed by atoms with Crippen molar-refractivity contribution in [3.05, 3.63) is 58.8 Å². The van der Waals surface area contributed by atoms with Gasteiger partial charge >= 0.3 is 5.69 Å². The number of benzene rings is 1. The Morgan fingerprint density at radius 3 is 2.39 bits per heavy atom. The number of imidazole rings is 1. The van der Waals surface area contributed by atoms with E-state index in [0.29, 0.717) is 6.54 Å². The highest BCUT2D eigenvalue weighted by Gasteiger charge is 2.10. The summed E-state index contributed by atoms with van der Waals surface area (Å²) in [4.78, 5) is 12.0. The minimum absolute atomic E-state index is 0.00335. The maximum Gasteiger partial charge on any atom is 0.328 e. The van der Waals surface area contributed by atoms with Crippen molar-refractivity contribution in [2.45, 2.75) is 32.5 Å². The van der Waals surface area contributed by atoms with Crippen LogP contribution in [0.25, 0.3) is 0 Å². The topological polar surface area (TPSA) is 52.9 Å². The monoisotopic (exact) mass is 245 g/mol. The lowest BCUT2D eigenvalue weighted by Gasteiger charge is -2.12. The first-order valence-electron chi connectivity index (χ1n) is 6.17. The predicted molar refractivity (Wildman–Crippen MR) is 72.4 cm³/mol. The molecule has 2 N–H and O–H groups in total. The van der Waals surface area contributed by atoms with E-state index >= 15 is 0 Å². The van der Waals surface area contributed by atoms with Crippen LogP contribution in [0.5, 0.6) is 0 Å². The van der Waals surface area contributed by atoms with Gasteiger partial charge in [-0.1, -0.05) is 30.3 Å². The van der Waals surface area contributed by atoms with E-state index in [1.807, 2.05) is 50.4 Å². The third kappa shape index (κ3) is 2.54. The van der Waals surface area contributed by atoms with Gasteiger partial charge in [-0.25, -0.2) is 4.79 Å². The molecule has 0 spiro atoms. The van der Waals surface area contributed by atoms with Crippen molar-refractivity contribution in [1.29, 1.82) is 0 Å². The Balaban J connectivity index is 2.18. The Hall–Kier alpha value is -1.81. The van der Waals surface area contributed by atoms with Crippen molar-refractivity contribution in [2.75, 3.05) is 0 Å². The third-order valence-electron chi connectivity index (χ3n) is 3.05.